The monoisotopic (exact) mass is 227 g/mol. The molecule has 1 rings (SSSR count). The Morgan fingerprint density at radius 1 is 1.25 bits per heavy atom. The third-order valence-corrected chi connectivity index (χ3v) is 1.84. The highest BCUT2D eigenvalue weighted by atomic mass is 16.5. The van der Waals surface area contributed by atoms with Gasteiger partial charge in [-0.1, -0.05) is 6.92 Å². The first-order chi connectivity index (χ1) is 7.51. The predicted octanol–water partition coefficient (Wildman–Crippen LogP) is 1.88. The molecule has 1 aromatic rings. The van der Waals surface area contributed by atoms with Crippen molar-refractivity contribution in [1.29, 1.82) is 0 Å². The number of aromatic nitrogens is 2. The summed E-state index contributed by atoms with van der Waals surface area (Å²) in [5.41, 5.74) is -0.185. The Morgan fingerprint density at radius 2 is 1.94 bits per heavy atom. The first-order valence-electron chi connectivity index (χ1n) is 5.67. The molecule has 0 fully saturated rings. The van der Waals surface area contributed by atoms with Crippen LogP contribution in [0.5, 0.6) is 0 Å². The van der Waals surface area contributed by atoms with E-state index in [9.17, 15) is 0 Å². The minimum Gasteiger partial charge on any atom is -0.421 e. The van der Waals surface area contributed by atoms with Crippen molar-refractivity contribution in [2.45, 2.75) is 52.9 Å². The van der Waals surface area contributed by atoms with Crippen LogP contribution in [0.1, 0.15) is 45.9 Å². The van der Waals surface area contributed by atoms with Gasteiger partial charge in [-0.15, -0.1) is 10.2 Å². The molecular formula is C11H21N3O2. The van der Waals surface area contributed by atoms with Crippen LogP contribution in [0.2, 0.25) is 0 Å². The molecule has 0 saturated carbocycles. The normalized spacial score (nSPS) is 12.0. The maximum atomic E-state index is 5.54. The Balaban J connectivity index is 2.33. The van der Waals surface area contributed by atoms with Crippen LogP contribution in [-0.2, 0) is 17.9 Å². The second-order valence-corrected chi connectivity index (χ2v) is 4.67. The van der Waals surface area contributed by atoms with Crippen molar-refractivity contribution in [1.82, 2.24) is 15.5 Å². The molecule has 0 bridgehead atoms. The van der Waals surface area contributed by atoms with Gasteiger partial charge in [0.2, 0.25) is 11.8 Å². The topological polar surface area (TPSA) is 60.2 Å². The molecule has 1 aromatic heterocycles. The fraction of sp³-hybridized carbons (Fsp3) is 0.818. The summed E-state index contributed by atoms with van der Waals surface area (Å²) in [6.07, 6.45) is 1.09. The van der Waals surface area contributed by atoms with Crippen molar-refractivity contribution >= 4 is 0 Å². The van der Waals surface area contributed by atoms with Gasteiger partial charge in [0, 0.05) is 0 Å². The third kappa shape index (κ3) is 5.23. The van der Waals surface area contributed by atoms with Gasteiger partial charge in [-0.2, -0.15) is 0 Å². The van der Waals surface area contributed by atoms with Crippen molar-refractivity contribution < 1.29 is 9.15 Å². The van der Waals surface area contributed by atoms with Crippen LogP contribution < -0.4 is 5.32 Å². The van der Waals surface area contributed by atoms with Crippen LogP contribution in [0.25, 0.3) is 0 Å². The van der Waals surface area contributed by atoms with Gasteiger partial charge in [0.1, 0.15) is 6.61 Å². The number of nitrogens with zero attached hydrogens (tertiary/aromatic N) is 2. The first-order valence-corrected chi connectivity index (χ1v) is 5.67. The van der Waals surface area contributed by atoms with Gasteiger partial charge < -0.3 is 14.5 Å². The zero-order valence-electron chi connectivity index (χ0n) is 10.5. The number of hydrogen-bond donors (Lipinski definition) is 1. The molecule has 0 aliphatic carbocycles. The smallest absolute Gasteiger partial charge is 0.242 e. The molecule has 0 aliphatic heterocycles. The van der Waals surface area contributed by atoms with Gasteiger partial charge >= 0.3 is 0 Å². The number of hydrogen-bond acceptors (Lipinski definition) is 5. The van der Waals surface area contributed by atoms with Crippen LogP contribution >= 0.6 is 0 Å². The summed E-state index contributed by atoms with van der Waals surface area (Å²) < 4.78 is 11.0. The highest BCUT2D eigenvalue weighted by Crippen LogP contribution is 2.10. The molecule has 16 heavy (non-hydrogen) atoms. The quantitative estimate of drug-likeness (QED) is 0.752. The molecule has 0 unspecified atom stereocenters. The molecule has 0 saturated heterocycles. The zero-order valence-corrected chi connectivity index (χ0v) is 10.5. The fourth-order valence-electron chi connectivity index (χ4n) is 1.07. The van der Waals surface area contributed by atoms with E-state index in [1.54, 1.807) is 0 Å². The highest BCUT2D eigenvalue weighted by molar-refractivity contribution is 4.80. The van der Waals surface area contributed by atoms with Crippen LogP contribution in [-0.4, -0.2) is 22.3 Å². The van der Waals surface area contributed by atoms with Crippen molar-refractivity contribution in [3.63, 3.8) is 0 Å². The third-order valence-electron chi connectivity index (χ3n) is 1.84. The molecule has 5 nitrogen and oxygen atoms in total. The Hall–Kier alpha value is -0.940. The largest absolute Gasteiger partial charge is 0.421 e. The molecule has 0 spiro atoms. The number of ether oxygens (including phenoxy) is 1. The van der Waals surface area contributed by atoms with Crippen molar-refractivity contribution in [2.75, 3.05) is 6.54 Å². The Labute approximate surface area is 96.6 Å². The summed E-state index contributed by atoms with van der Waals surface area (Å²) >= 11 is 0. The Kier molecular flexibility index (Phi) is 4.89. The molecule has 0 aromatic carbocycles. The molecule has 1 N–H and O–H groups in total. The van der Waals surface area contributed by atoms with Gasteiger partial charge in [-0.05, 0) is 33.7 Å². The molecule has 0 aliphatic rings. The Bertz CT molecular complexity index is 304. The van der Waals surface area contributed by atoms with Crippen LogP contribution in [0.15, 0.2) is 4.42 Å². The molecule has 0 amide bonds. The molecule has 5 heteroatoms. The molecular weight excluding hydrogens is 206 g/mol. The van der Waals surface area contributed by atoms with Gasteiger partial charge in [0.05, 0.1) is 12.1 Å². The highest BCUT2D eigenvalue weighted by Gasteiger charge is 2.13. The summed E-state index contributed by atoms with van der Waals surface area (Å²) in [6, 6.07) is 0. The average molecular weight is 227 g/mol. The lowest BCUT2D eigenvalue weighted by atomic mass is 10.2. The van der Waals surface area contributed by atoms with E-state index in [0.717, 1.165) is 13.0 Å². The van der Waals surface area contributed by atoms with Crippen LogP contribution in [0.3, 0.4) is 0 Å². The van der Waals surface area contributed by atoms with E-state index in [1.807, 2.05) is 20.8 Å². The summed E-state index contributed by atoms with van der Waals surface area (Å²) in [7, 11) is 0. The first kappa shape index (κ1) is 13.1. The molecule has 92 valence electrons. The molecule has 1 heterocycles. The SMILES string of the molecule is CCCNCc1nnc(COC(C)(C)C)o1. The van der Waals surface area contributed by atoms with E-state index in [0.29, 0.717) is 24.9 Å². The number of rotatable bonds is 6. The second kappa shape index (κ2) is 5.96. The minimum atomic E-state index is -0.185. The van der Waals surface area contributed by atoms with E-state index >= 15 is 0 Å². The van der Waals surface area contributed by atoms with Gasteiger partial charge in [0.15, 0.2) is 0 Å². The van der Waals surface area contributed by atoms with E-state index in [-0.39, 0.29) is 5.60 Å². The molecule has 0 radical (unpaired) electrons. The van der Waals surface area contributed by atoms with Gasteiger partial charge in [0.25, 0.3) is 0 Å². The molecule has 0 atom stereocenters. The van der Waals surface area contributed by atoms with Crippen molar-refractivity contribution in [2.24, 2.45) is 0 Å². The zero-order chi connectivity index (χ0) is 12.0. The Morgan fingerprint density at radius 3 is 2.56 bits per heavy atom. The van der Waals surface area contributed by atoms with E-state index in [2.05, 4.69) is 22.4 Å². The van der Waals surface area contributed by atoms with E-state index in [4.69, 9.17) is 9.15 Å². The summed E-state index contributed by atoms with van der Waals surface area (Å²) in [4.78, 5) is 0. The number of nitrogens with one attached hydrogen (secondary N) is 1. The lowest BCUT2D eigenvalue weighted by Crippen LogP contribution is -2.18. The lowest BCUT2D eigenvalue weighted by molar-refractivity contribution is -0.0247. The summed E-state index contributed by atoms with van der Waals surface area (Å²) in [6.45, 7) is 10.0. The average Bonchev–Trinajstić information content (AvgIpc) is 2.62. The maximum absolute atomic E-state index is 5.54. The van der Waals surface area contributed by atoms with Crippen molar-refractivity contribution in [3.8, 4) is 0 Å². The van der Waals surface area contributed by atoms with Gasteiger partial charge in [-0.3, -0.25) is 0 Å². The summed E-state index contributed by atoms with van der Waals surface area (Å²) in [5, 5.41) is 11.0. The van der Waals surface area contributed by atoms with Crippen LogP contribution in [0, 0.1) is 0 Å². The van der Waals surface area contributed by atoms with Crippen molar-refractivity contribution in [3.05, 3.63) is 11.8 Å². The van der Waals surface area contributed by atoms with E-state index in [1.165, 1.54) is 0 Å². The van der Waals surface area contributed by atoms with Crippen LogP contribution in [0.4, 0.5) is 0 Å². The standard InChI is InChI=1S/C11H21N3O2/c1-5-6-12-7-9-13-14-10(16-9)8-15-11(2,3)4/h12H,5-8H2,1-4H3. The second-order valence-electron chi connectivity index (χ2n) is 4.67. The minimum absolute atomic E-state index is 0.185. The summed E-state index contributed by atoms with van der Waals surface area (Å²) in [5.74, 6) is 1.14. The maximum Gasteiger partial charge on any atom is 0.242 e. The van der Waals surface area contributed by atoms with E-state index < -0.39 is 0 Å². The fourth-order valence-corrected chi connectivity index (χ4v) is 1.07. The lowest BCUT2D eigenvalue weighted by Gasteiger charge is -2.17. The predicted molar refractivity (Wildman–Crippen MR) is 60.8 cm³/mol. The van der Waals surface area contributed by atoms with Gasteiger partial charge in [-0.25, -0.2) is 0 Å².